The zero-order valence-corrected chi connectivity index (χ0v) is 16.9. The Labute approximate surface area is 157 Å². The van der Waals surface area contributed by atoms with Crippen LogP contribution in [0.4, 0.5) is 5.13 Å². The van der Waals surface area contributed by atoms with E-state index in [4.69, 9.17) is 0 Å². The summed E-state index contributed by atoms with van der Waals surface area (Å²) in [6, 6.07) is 3.55. The third-order valence-corrected chi connectivity index (χ3v) is 6.15. The van der Waals surface area contributed by atoms with Gasteiger partial charge in [0.2, 0.25) is 11.0 Å². The number of rotatable bonds is 7. The predicted octanol–water partition coefficient (Wildman–Crippen LogP) is 3.98. The van der Waals surface area contributed by atoms with Crippen molar-refractivity contribution in [2.45, 2.75) is 32.6 Å². The van der Waals surface area contributed by atoms with Crippen molar-refractivity contribution in [2.24, 2.45) is 0 Å². The van der Waals surface area contributed by atoms with Gasteiger partial charge < -0.3 is 4.90 Å². The third kappa shape index (κ3) is 4.84. The number of likely N-dealkylation sites (N-methyl/N-ethyl adjacent to an activating group) is 1. The summed E-state index contributed by atoms with van der Waals surface area (Å²) in [5, 5.41) is 12.3. The fraction of sp³-hybridized carbons (Fsp3) is 0.467. The van der Waals surface area contributed by atoms with Gasteiger partial charge in [0.15, 0.2) is 0 Å². The van der Waals surface area contributed by atoms with Crippen LogP contribution in [0, 0.1) is 0 Å². The van der Waals surface area contributed by atoms with Crippen LogP contribution in [0.15, 0.2) is 15.9 Å². The first kappa shape index (κ1) is 19.0. The molecule has 0 saturated heterocycles. The number of carbonyl (C=O) groups is 2. The molecule has 0 spiro atoms. The molecule has 0 bridgehead atoms. The van der Waals surface area contributed by atoms with E-state index < -0.39 is 0 Å². The van der Waals surface area contributed by atoms with Gasteiger partial charge in [0.05, 0.1) is 15.2 Å². The van der Waals surface area contributed by atoms with Gasteiger partial charge in [0.25, 0.3) is 5.91 Å². The molecule has 0 fully saturated rings. The lowest BCUT2D eigenvalue weighted by Crippen LogP contribution is -2.34. The maximum Gasteiger partial charge on any atom is 0.264 e. The first-order chi connectivity index (χ1) is 11.4. The standard InChI is InChI=1S/C15H19BrN4O2S2/c1-4-9(5-2)13-18-19-15(24-13)17-12(21)8-20(3)14(22)10-6-7-11(16)23-10/h6-7,9H,4-5,8H2,1-3H3,(H,17,19,21). The van der Waals surface area contributed by atoms with E-state index >= 15 is 0 Å². The number of aromatic nitrogens is 2. The van der Waals surface area contributed by atoms with Crippen molar-refractivity contribution in [3.8, 4) is 0 Å². The molecule has 0 aromatic carbocycles. The summed E-state index contributed by atoms with van der Waals surface area (Å²) in [6.07, 6.45) is 1.99. The highest BCUT2D eigenvalue weighted by Gasteiger charge is 2.18. The van der Waals surface area contributed by atoms with E-state index in [0.717, 1.165) is 21.6 Å². The topological polar surface area (TPSA) is 75.2 Å². The molecule has 2 heterocycles. The van der Waals surface area contributed by atoms with Gasteiger partial charge in [-0.15, -0.1) is 21.5 Å². The van der Waals surface area contributed by atoms with Crippen LogP contribution >= 0.6 is 38.6 Å². The number of halogens is 1. The quantitative estimate of drug-likeness (QED) is 0.720. The molecule has 0 saturated carbocycles. The van der Waals surface area contributed by atoms with Gasteiger partial charge in [-0.25, -0.2) is 0 Å². The largest absolute Gasteiger partial charge is 0.332 e. The van der Waals surface area contributed by atoms with Crippen molar-refractivity contribution in [1.82, 2.24) is 15.1 Å². The number of thiophene rings is 1. The van der Waals surface area contributed by atoms with Crippen molar-refractivity contribution in [3.63, 3.8) is 0 Å². The minimum atomic E-state index is -0.284. The van der Waals surface area contributed by atoms with E-state index in [-0.39, 0.29) is 18.4 Å². The first-order valence-electron chi connectivity index (χ1n) is 7.58. The molecule has 2 aromatic rings. The molecule has 2 amide bonds. The van der Waals surface area contributed by atoms with E-state index in [2.05, 4.69) is 45.3 Å². The predicted molar refractivity (Wildman–Crippen MR) is 101 cm³/mol. The van der Waals surface area contributed by atoms with Gasteiger partial charge in [-0.1, -0.05) is 25.2 Å². The molecule has 0 aliphatic heterocycles. The molecule has 130 valence electrons. The Bertz CT molecular complexity index is 712. The summed E-state index contributed by atoms with van der Waals surface area (Å²) in [6.45, 7) is 4.18. The number of amides is 2. The van der Waals surface area contributed by atoms with Crippen molar-refractivity contribution in [2.75, 3.05) is 18.9 Å². The van der Waals surface area contributed by atoms with E-state index in [0.29, 0.717) is 15.9 Å². The maximum atomic E-state index is 12.2. The normalized spacial score (nSPS) is 10.9. The number of nitrogens with zero attached hydrogens (tertiary/aromatic N) is 3. The van der Waals surface area contributed by atoms with Gasteiger partial charge in [0, 0.05) is 13.0 Å². The van der Waals surface area contributed by atoms with Crippen LogP contribution in [0.5, 0.6) is 0 Å². The molecule has 2 rings (SSSR count). The first-order valence-corrected chi connectivity index (χ1v) is 10.0. The van der Waals surface area contributed by atoms with Crippen molar-refractivity contribution >= 4 is 55.5 Å². The fourth-order valence-electron chi connectivity index (χ4n) is 2.15. The average Bonchev–Trinajstić information content (AvgIpc) is 3.17. The van der Waals surface area contributed by atoms with Gasteiger partial charge in [-0.3, -0.25) is 14.9 Å². The molecular weight excluding hydrogens is 412 g/mol. The number of carbonyl (C=O) groups excluding carboxylic acids is 2. The highest BCUT2D eigenvalue weighted by molar-refractivity contribution is 9.11. The Morgan fingerprint density at radius 2 is 1.96 bits per heavy atom. The van der Waals surface area contributed by atoms with E-state index in [1.165, 1.54) is 27.6 Å². The molecule has 2 aromatic heterocycles. The molecule has 0 unspecified atom stereocenters. The molecule has 9 heteroatoms. The molecule has 0 radical (unpaired) electrons. The molecule has 6 nitrogen and oxygen atoms in total. The summed E-state index contributed by atoms with van der Waals surface area (Å²) >= 11 is 6.06. The Morgan fingerprint density at radius 1 is 1.25 bits per heavy atom. The van der Waals surface area contributed by atoms with Gasteiger partial charge >= 0.3 is 0 Å². The molecule has 1 N–H and O–H groups in total. The fourth-order valence-corrected chi connectivity index (χ4v) is 4.56. The highest BCUT2D eigenvalue weighted by atomic mass is 79.9. The van der Waals surface area contributed by atoms with Crippen LogP contribution in [0.1, 0.15) is 47.3 Å². The average molecular weight is 431 g/mol. The molecule has 0 aliphatic rings. The summed E-state index contributed by atoms with van der Waals surface area (Å²) in [4.78, 5) is 26.3. The van der Waals surface area contributed by atoms with Crippen LogP contribution in [0.2, 0.25) is 0 Å². The highest BCUT2D eigenvalue weighted by Crippen LogP contribution is 2.28. The summed E-state index contributed by atoms with van der Waals surface area (Å²) in [5.41, 5.74) is 0. The second-order valence-corrected chi connectivity index (χ2v) is 8.74. The van der Waals surface area contributed by atoms with E-state index in [1.807, 2.05) is 6.07 Å². The summed E-state index contributed by atoms with van der Waals surface area (Å²) < 4.78 is 0.881. The molecule has 0 atom stereocenters. The number of hydrogen-bond donors (Lipinski definition) is 1. The lowest BCUT2D eigenvalue weighted by molar-refractivity contribution is -0.116. The summed E-state index contributed by atoms with van der Waals surface area (Å²) in [7, 11) is 1.60. The van der Waals surface area contributed by atoms with Crippen LogP contribution in [-0.4, -0.2) is 40.5 Å². The van der Waals surface area contributed by atoms with Crippen molar-refractivity contribution < 1.29 is 9.59 Å². The van der Waals surface area contributed by atoms with Crippen molar-refractivity contribution in [3.05, 3.63) is 25.8 Å². The Hall–Kier alpha value is -1.32. The molecule has 24 heavy (non-hydrogen) atoms. The molecular formula is C15H19BrN4O2S2. The SMILES string of the molecule is CCC(CC)c1nnc(NC(=O)CN(C)C(=O)c2ccc(Br)s2)s1. The third-order valence-electron chi connectivity index (χ3n) is 3.53. The second kappa shape index (κ2) is 8.68. The van der Waals surface area contributed by atoms with E-state index in [1.54, 1.807) is 13.1 Å². The lowest BCUT2D eigenvalue weighted by Gasteiger charge is -2.15. The zero-order chi connectivity index (χ0) is 17.7. The summed E-state index contributed by atoms with van der Waals surface area (Å²) in [5.74, 6) is -0.0979. The number of nitrogens with one attached hydrogen (secondary N) is 1. The smallest absolute Gasteiger partial charge is 0.264 e. The van der Waals surface area contributed by atoms with E-state index in [9.17, 15) is 9.59 Å². The molecule has 0 aliphatic carbocycles. The Kier molecular flexibility index (Phi) is 6.88. The van der Waals surface area contributed by atoms with Gasteiger partial charge in [-0.05, 0) is 40.9 Å². The van der Waals surface area contributed by atoms with Crippen LogP contribution < -0.4 is 5.32 Å². The van der Waals surface area contributed by atoms with Crippen LogP contribution in [0.3, 0.4) is 0 Å². The number of anilines is 1. The Morgan fingerprint density at radius 3 is 2.54 bits per heavy atom. The monoisotopic (exact) mass is 430 g/mol. The lowest BCUT2D eigenvalue weighted by atomic mass is 10.1. The van der Waals surface area contributed by atoms with Gasteiger partial charge in [-0.2, -0.15) is 0 Å². The minimum Gasteiger partial charge on any atom is -0.332 e. The van der Waals surface area contributed by atoms with Crippen molar-refractivity contribution in [1.29, 1.82) is 0 Å². The Balaban J connectivity index is 1.92. The van der Waals surface area contributed by atoms with Crippen LogP contribution in [-0.2, 0) is 4.79 Å². The van der Waals surface area contributed by atoms with Crippen LogP contribution in [0.25, 0.3) is 0 Å². The minimum absolute atomic E-state index is 0.0335. The zero-order valence-electron chi connectivity index (χ0n) is 13.7. The van der Waals surface area contributed by atoms with Gasteiger partial charge in [0.1, 0.15) is 5.01 Å². The second-order valence-electron chi connectivity index (χ2n) is 5.27. The maximum absolute atomic E-state index is 12.2. The number of hydrogen-bond acceptors (Lipinski definition) is 6.